The summed E-state index contributed by atoms with van der Waals surface area (Å²) in [5.74, 6) is 0.494. The molecule has 5 fully saturated rings. The Morgan fingerprint density at radius 3 is 2.03 bits per heavy atom. The SMILES string of the molecule is O=S(=O)(C1CCC2CN(S(=O)(=O)C3CCCCC3)CC2C1)C1CCC2OCCOC2C1. The van der Waals surface area contributed by atoms with Crippen molar-refractivity contribution in [3.05, 3.63) is 0 Å². The molecule has 3 aliphatic carbocycles. The van der Waals surface area contributed by atoms with E-state index >= 15 is 0 Å². The molecule has 0 amide bonds. The number of hydrogen-bond donors (Lipinski definition) is 0. The van der Waals surface area contributed by atoms with Crippen LogP contribution in [0.15, 0.2) is 0 Å². The lowest BCUT2D eigenvalue weighted by atomic mass is 9.81. The van der Waals surface area contributed by atoms with Gasteiger partial charge in [0, 0.05) is 13.1 Å². The lowest BCUT2D eigenvalue weighted by Crippen LogP contribution is -2.48. The molecule has 0 radical (unpaired) electrons. The average Bonchev–Trinajstić information content (AvgIpc) is 3.24. The van der Waals surface area contributed by atoms with Gasteiger partial charge in [-0.2, -0.15) is 0 Å². The third kappa shape index (κ3) is 4.34. The summed E-state index contributed by atoms with van der Waals surface area (Å²) in [6, 6.07) is 0. The van der Waals surface area contributed by atoms with Crippen molar-refractivity contribution < 1.29 is 26.3 Å². The Labute approximate surface area is 187 Å². The maximum Gasteiger partial charge on any atom is 0.216 e. The van der Waals surface area contributed by atoms with E-state index < -0.39 is 19.9 Å². The van der Waals surface area contributed by atoms with E-state index in [1.54, 1.807) is 4.31 Å². The number of ether oxygens (including phenoxy) is 2. The molecule has 178 valence electrons. The first-order chi connectivity index (χ1) is 14.9. The number of fused-ring (bicyclic) bond motifs is 2. The minimum Gasteiger partial charge on any atom is -0.373 e. The van der Waals surface area contributed by atoms with Gasteiger partial charge in [-0.1, -0.05) is 19.3 Å². The molecule has 2 aliphatic heterocycles. The first-order valence-electron chi connectivity index (χ1n) is 12.3. The maximum absolute atomic E-state index is 13.5. The highest BCUT2D eigenvalue weighted by Crippen LogP contribution is 2.43. The summed E-state index contributed by atoms with van der Waals surface area (Å²) >= 11 is 0. The highest BCUT2D eigenvalue weighted by Gasteiger charge is 2.49. The average molecular weight is 476 g/mol. The van der Waals surface area contributed by atoms with Crippen molar-refractivity contribution in [2.75, 3.05) is 26.3 Å². The van der Waals surface area contributed by atoms with Crippen LogP contribution < -0.4 is 0 Å². The molecule has 6 unspecified atom stereocenters. The number of rotatable bonds is 4. The van der Waals surface area contributed by atoms with Gasteiger partial charge in [0.25, 0.3) is 0 Å². The van der Waals surface area contributed by atoms with Gasteiger partial charge >= 0.3 is 0 Å². The Morgan fingerprint density at radius 2 is 1.26 bits per heavy atom. The first kappa shape index (κ1) is 22.6. The highest BCUT2D eigenvalue weighted by atomic mass is 32.2. The fraction of sp³-hybridized carbons (Fsp3) is 1.00. The normalized spacial score (nSPS) is 40.9. The van der Waals surface area contributed by atoms with Crippen LogP contribution in [0.2, 0.25) is 0 Å². The summed E-state index contributed by atoms with van der Waals surface area (Å²) in [6.07, 6.45) is 8.70. The minimum absolute atomic E-state index is 0.0457. The molecule has 0 aromatic heterocycles. The quantitative estimate of drug-likeness (QED) is 0.621. The fourth-order valence-corrected chi connectivity index (χ4v) is 11.4. The van der Waals surface area contributed by atoms with Gasteiger partial charge in [-0.15, -0.1) is 0 Å². The van der Waals surface area contributed by atoms with E-state index in [4.69, 9.17) is 9.47 Å². The molecule has 0 aromatic carbocycles. The van der Waals surface area contributed by atoms with E-state index in [1.807, 2.05) is 0 Å². The molecule has 31 heavy (non-hydrogen) atoms. The number of nitrogens with zero attached hydrogens (tertiary/aromatic N) is 1. The summed E-state index contributed by atoms with van der Waals surface area (Å²) in [7, 11) is -6.50. The molecule has 5 rings (SSSR count). The zero-order chi connectivity index (χ0) is 21.6. The molecular formula is C22H37NO6S2. The van der Waals surface area contributed by atoms with Crippen molar-refractivity contribution >= 4 is 19.9 Å². The second-order valence-electron chi connectivity index (χ2n) is 10.4. The van der Waals surface area contributed by atoms with E-state index in [-0.39, 0.29) is 33.9 Å². The van der Waals surface area contributed by atoms with E-state index in [0.717, 1.165) is 44.9 Å². The Hall–Kier alpha value is -0.220. The zero-order valence-corrected chi connectivity index (χ0v) is 20.0. The zero-order valence-electron chi connectivity index (χ0n) is 18.4. The maximum atomic E-state index is 13.5. The molecule has 0 N–H and O–H groups in total. The second-order valence-corrected chi connectivity index (χ2v) is 15.1. The lowest BCUT2D eigenvalue weighted by molar-refractivity contribution is -0.153. The van der Waals surface area contributed by atoms with Crippen LogP contribution in [0.25, 0.3) is 0 Å². The summed E-state index contributed by atoms with van der Waals surface area (Å²) in [5.41, 5.74) is 0. The van der Waals surface area contributed by atoms with E-state index in [2.05, 4.69) is 0 Å². The molecule has 0 bridgehead atoms. The second kappa shape index (κ2) is 8.85. The van der Waals surface area contributed by atoms with E-state index in [0.29, 0.717) is 57.9 Å². The Balaban J connectivity index is 1.23. The van der Waals surface area contributed by atoms with Gasteiger partial charge in [0.2, 0.25) is 10.0 Å². The van der Waals surface area contributed by atoms with Crippen molar-refractivity contribution in [2.45, 2.75) is 98.6 Å². The van der Waals surface area contributed by atoms with Gasteiger partial charge in [-0.3, -0.25) is 0 Å². The van der Waals surface area contributed by atoms with Gasteiger partial charge in [0.15, 0.2) is 9.84 Å². The van der Waals surface area contributed by atoms with Gasteiger partial charge < -0.3 is 9.47 Å². The predicted molar refractivity (Wildman–Crippen MR) is 118 cm³/mol. The molecule has 6 atom stereocenters. The number of sulfonamides is 1. The smallest absolute Gasteiger partial charge is 0.216 e. The van der Waals surface area contributed by atoms with Crippen molar-refractivity contribution in [3.63, 3.8) is 0 Å². The Kier molecular flexibility index (Phi) is 6.45. The van der Waals surface area contributed by atoms with Crippen molar-refractivity contribution in [1.82, 2.24) is 4.31 Å². The first-order valence-corrected chi connectivity index (χ1v) is 15.4. The molecule has 0 aromatic rings. The van der Waals surface area contributed by atoms with E-state index in [1.165, 1.54) is 0 Å². The Morgan fingerprint density at radius 1 is 0.613 bits per heavy atom. The lowest BCUT2D eigenvalue weighted by Gasteiger charge is -2.40. The van der Waals surface area contributed by atoms with Crippen LogP contribution in [0.1, 0.15) is 70.6 Å². The number of sulfone groups is 1. The van der Waals surface area contributed by atoms with Crippen molar-refractivity contribution in [1.29, 1.82) is 0 Å². The predicted octanol–water partition coefficient (Wildman–Crippen LogP) is 2.50. The van der Waals surface area contributed by atoms with Crippen LogP contribution in [0.3, 0.4) is 0 Å². The van der Waals surface area contributed by atoms with Crippen LogP contribution in [-0.4, -0.2) is 75.4 Å². The monoisotopic (exact) mass is 475 g/mol. The van der Waals surface area contributed by atoms with Crippen molar-refractivity contribution in [3.8, 4) is 0 Å². The van der Waals surface area contributed by atoms with Gasteiger partial charge in [0.05, 0.1) is 41.2 Å². The molecule has 9 heteroatoms. The molecule has 2 saturated heterocycles. The Bertz CT molecular complexity index is 853. The standard InChI is InChI=1S/C22H37NO6S2/c24-30(25,20-8-9-21-22(13-20)29-11-10-28-21)19-7-6-16-14-23(15-17(16)12-19)31(26,27)18-4-2-1-3-5-18/h16-22H,1-15H2. The summed E-state index contributed by atoms with van der Waals surface area (Å²) in [5, 5.41) is -0.911. The summed E-state index contributed by atoms with van der Waals surface area (Å²) in [4.78, 5) is 0. The van der Waals surface area contributed by atoms with Gasteiger partial charge in [-0.05, 0) is 63.2 Å². The third-order valence-electron chi connectivity index (χ3n) is 8.66. The third-order valence-corrected chi connectivity index (χ3v) is 13.7. The molecule has 2 heterocycles. The molecule has 3 saturated carbocycles. The molecule has 7 nitrogen and oxygen atoms in total. The largest absolute Gasteiger partial charge is 0.373 e. The minimum atomic E-state index is -3.25. The van der Waals surface area contributed by atoms with Gasteiger partial charge in [0.1, 0.15) is 0 Å². The topological polar surface area (TPSA) is 90.0 Å². The van der Waals surface area contributed by atoms with Crippen LogP contribution in [0.5, 0.6) is 0 Å². The number of hydrogen-bond acceptors (Lipinski definition) is 6. The summed E-state index contributed by atoms with van der Waals surface area (Å²) in [6.45, 7) is 2.26. The van der Waals surface area contributed by atoms with Gasteiger partial charge in [-0.25, -0.2) is 21.1 Å². The summed E-state index contributed by atoms with van der Waals surface area (Å²) < 4.78 is 66.6. The van der Waals surface area contributed by atoms with Crippen LogP contribution in [-0.2, 0) is 29.3 Å². The van der Waals surface area contributed by atoms with Crippen LogP contribution in [0.4, 0.5) is 0 Å². The van der Waals surface area contributed by atoms with Crippen LogP contribution in [0, 0.1) is 11.8 Å². The molecule has 0 spiro atoms. The van der Waals surface area contributed by atoms with E-state index in [9.17, 15) is 16.8 Å². The fourth-order valence-electron chi connectivity index (χ4n) is 6.83. The molecular weight excluding hydrogens is 438 g/mol. The van der Waals surface area contributed by atoms with Crippen LogP contribution >= 0.6 is 0 Å². The highest BCUT2D eigenvalue weighted by molar-refractivity contribution is 7.92. The molecule has 5 aliphatic rings. The van der Waals surface area contributed by atoms with Crippen molar-refractivity contribution in [2.24, 2.45) is 11.8 Å².